The summed E-state index contributed by atoms with van der Waals surface area (Å²) >= 11 is 0. The van der Waals surface area contributed by atoms with Gasteiger partial charge in [0.25, 0.3) is 0 Å². The van der Waals surface area contributed by atoms with Crippen molar-refractivity contribution >= 4 is 11.9 Å². The van der Waals surface area contributed by atoms with Gasteiger partial charge >= 0.3 is 5.97 Å². The van der Waals surface area contributed by atoms with Crippen molar-refractivity contribution in [3.05, 3.63) is 12.7 Å². The quantitative estimate of drug-likeness (QED) is 0.794. The lowest BCUT2D eigenvalue weighted by molar-refractivity contribution is -0.146. The summed E-state index contributed by atoms with van der Waals surface area (Å²) in [7, 11) is 0. The zero-order chi connectivity index (χ0) is 13.7. The average Bonchev–Trinajstić information content (AvgIpc) is 2.78. The van der Waals surface area contributed by atoms with Gasteiger partial charge in [0, 0.05) is 6.54 Å². The molecule has 1 aromatic rings. The molecule has 1 rings (SSSR count). The molecule has 0 aliphatic rings. The third-order valence-electron chi connectivity index (χ3n) is 2.41. The number of aliphatic carboxylic acids is 1. The molecule has 100 valence electrons. The second-order valence-electron chi connectivity index (χ2n) is 4.56. The van der Waals surface area contributed by atoms with Crippen molar-refractivity contribution < 1.29 is 14.7 Å². The van der Waals surface area contributed by atoms with Crippen molar-refractivity contribution in [2.75, 3.05) is 13.1 Å². The van der Waals surface area contributed by atoms with Crippen molar-refractivity contribution in [2.24, 2.45) is 5.92 Å². The number of amides is 1. The van der Waals surface area contributed by atoms with Crippen molar-refractivity contribution in [1.82, 2.24) is 19.7 Å². The topological polar surface area (TPSA) is 88.3 Å². The van der Waals surface area contributed by atoms with Gasteiger partial charge in [0.2, 0.25) is 5.91 Å². The van der Waals surface area contributed by atoms with Crippen LogP contribution in [0.25, 0.3) is 0 Å². The van der Waals surface area contributed by atoms with Crippen LogP contribution in [0.1, 0.15) is 26.8 Å². The number of hydrogen-bond acceptors (Lipinski definition) is 4. The smallest absolute Gasteiger partial charge is 0.323 e. The van der Waals surface area contributed by atoms with Gasteiger partial charge in [-0.15, -0.1) is 0 Å². The third-order valence-corrected chi connectivity index (χ3v) is 2.41. The molecule has 1 amide bonds. The Morgan fingerprint density at radius 2 is 2.06 bits per heavy atom. The van der Waals surface area contributed by atoms with Crippen LogP contribution in [-0.2, 0) is 9.59 Å². The highest BCUT2D eigenvalue weighted by Crippen LogP contribution is 2.10. The highest BCUT2D eigenvalue weighted by atomic mass is 16.4. The minimum atomic E-state index is -1.02. The third kappa shape index (κ3) is 3.83. The van der Waals surface area contributed by atoms with Gasteiger partial charge in [0.1, 0.15) is 25.2 Å². The number of carboxylic acids is 1. The first-order valence-electron chi connectivity index (χ1n) is 5.76. The van der Waals surface area contributed by atoms with E-state index in [1.165, 1.54) is 22.2 Å². The second kappa shape index (κ2) is 6.13. The maximum Gasteiger partial charge on any atom is 0.323 e. The zero-order valence-corrected chi connectivity index (χ0v) is 10.8. The predicted octanol–water partition coefficient (Wildman–Crippen LogP) is 0.408. The van der Waals surface area contributed by atoms with E-state index in [9.17, 15) is 9.59 Å². The van der Waals surface area contributed by atoms with Crippen LogP contribution in [0, 0.1) is 5.92 Å². The van der Waals surface area contributed by atoms with Crippen molar-refractivity contribution in [3.63, 3.8) is 0 Å². The van der Waals surface area contributed by atoms with Gasteiger partial charge in [-0.1, -0.05) is 13.8 Å². The van der Waals surface area contributed by atoms with E-state index in [2.05, 4.69) is 10.1 Å². The Kier molecular flexibility index (Phi) is 4.82. The maximum absolute atomic E-state index is 12.2. The van der Waals surface area contributed by atoms with Gasteiger partial charge in [-0.3, -0.25) is 9.59 Å². The lowest BCUT2D eigenvalue weighted by atomic mass is 10.2. The minimum Gasteiger partial charge on any atom is -0.480 e. The molecule has 0 saturated heterocycles. The Hall–Kier alpha value is -1.92. The van der Waals surface area contributed by atoms with Crippen LogP contribution >= 0.6 is 0 Å². The van der Waals surface area contributed by atoms with Crippen molar-refractivity contribution in [1.29, 1.82) is 0 Å². The average molecular weight is 254 g/mol. The van der Waals surface area contributed by atoms with Gasteiger partial charge in [0.05, 0.1) is 0 Å². The fourth-order valence-corrected chi connectivity index (χ4v) is 1.63. The Bertz CT molecular complexity index is 402. The summed E-state index contributed by atoms with van der Waals surface area (Å²) in [6.07, 6.45) is 2.78. The Morgan fingerprint density at radius 1 is 1.39 bits per heavy atom. The Morgan fingerprint density at radius 3 is 2.50 bits per heavy atom. The fraction of sp³-hybridized carbons (Fsp3) is 0.636. The monoisotopic (exact) mass is 254 g/mol. The van der Waals surface area contributed by atoms with Gasteiger partial charge in [0.15, 0.2) is 0 Å². The zero-order valence-electron chi connectivity index (χ0n) is 10.8. The summed E-state index contributed by atoms with van der Waals surface area (Å²) in [5.74, 6) is -1.08. The first-order valence-corrected chi connectivity index (χ1v) is 5.76. The molecular formula is C11H18N4O3. The van der Waals surface area contributed by atoms with Crippen molar-refractivity contribution in [2.45, 2.75) is 26.8 Å². The highest BCUT2D eigenvalue weighted by molar-refractivity contribution is 5.83. The van der Waals surface area contributed by atoms with Crippen LogP contribution in [0.5, 0.6) is 0 Å². The lowest BCUT2D eigenvalue weighted by Gasteiger charge is -2.25. The normalized spacial score (nSPS) is 12.4. The Balaban J connectivity index is 2.77. The minimum absolute atomic E-state index is 0.205. The molecular weight excluding hydrogens is 236 g/mol. The summed E-state index contributed by atoms with van der Waals surface area (Å²) in [5, 5.41) is 12.7. The molecule has 0 bridgehead atoms. The molecule has 0 fully saturated rings. The van der Waals surface area contributed by atoms with E-state index in [1.54, 1.807) is 6.92 Å². The highest BCUT2D eigenvalue weighted by Gasteiger charge is 2.24. The number of aromatic nitrogens is 3. The Labute approximate surface area is 105 Å². The first kappa shape index (κ1) is 14.1. The van der Waals surface area contributed by atoms with E-state index in [-0.39, 0.29) is 18.4 Å². The molecule has 1 N–H and O–H groups in total. The molecule has 7 nitrogen and oxygen atoms in total. The molecule has 18 heavy (non-hydrogen) atoms. The molecule has 0 aliphatic carbocycles. The number of hydrogen-bond donors (Lipinski definition) is 1. The van der Waals surface area contributed by atoms with E-state index in [0.717, 1.165) is 0 Å². The van der Waals surface area contributed by atoms with Crippen molar-refractivity contribution in [3.8, 4) is 0 Å². The lowest BCUT2D eigenvalue weighted by Crippen LogP contribution is -2.41. The van der Waals surface area contributed by atoms with E-state index in [0.29, 0.717) is 6.54 Å². The number of rotatable bonds is 6. The summed E-state index contributed by atoms with van der Waals surface area (Å²) in [6, 6.07) is -0.550. The molecule has 1 aromatic heterocycles. The summed E-state index contributed by atoms with van der Waals surface area (Å²) < 4.78 is 1.41. The molecule has 1 atom stereocenters. The fourth-order valence-electron chi connectivity index (χ4n) is 1.63. The molecule has 1 heterocycles. The number of nitrogens with zero attached hydrogens (tertiary/aromatic N) is 4. The van der Waals surface area contributed by atoms with Crippen LogP contribution in [0.15, 0.2) is 12.7 Å². The molecule has 0 aromatic carbocycles. The van der Waals surface area contributed by atoms with E-state index in [4.69, 9.17) is 5.11 Å². The number of carboxylic acid groups (broad SMARTS) is 1. The van der Waals surface area contributed by atoms with Crippen LogP contribution < -0.4 is 0 Å². The maximum atomic E-state index is 12.2. The van der Waals surface area contributed by atoms with E-state index < -0.39 is 12.0 Å². The summed E-state index contributed by atoms with van der Waals surface area (Å²) in [6.45, 7) is 5.65. The number of carbonyl (C=O) groups is 2. The van der Waals surface area contributed by atoms with E-state index >= 15 is 0 Å². The van der Waals surface area contributed by atoms with Crippen LogP contribution in [0.3, 0.4) is 0 Å². The van der Waals surface area contributed by atoms with Crippen LogP contribution in [0.2, 0.25) is 0 Å². The van der Waals surface area contributed by atoms with Crippen LogP contribution in [-0.4, -0.2) is 49.7 Å². The SMILES string of the molecule is CC(C)CN(CC(=O)O)C(=O)C(C)n1cncn1. The number of carbonyl (C=O) groups excluding carboxylic acids is 1. The first-order chi connectivity index (χ1) is 8.41. The molecule has 0 spiro atoms. The predicted molar refractivity (Wildman–Crippen MR) is 63.8 cm³/mol. The van der Waals surface area contributed by atoms with Gasteiger partial charge in [-0.25, -0.2) is 9.67 Å². The summed E-state index contributed by atoms with van der Waals surface area (Å²) in [5.41, 5.74) is 0. The van der Waals surface area contributed by atoms with Gasteiger partial charge in [-0.2, -0.15) is 5.10 Å². The molecule has 0 aliphatic heterocycles. The molecule has 0 saturated carbocycles. The molecule has 7 heteroatoms. The summed E-state index contributed by atoms with van der Waals surface area (Å²) in [4.78, 5) is 28.1. The van der Waals surface area contributed by atoms with Gasteiger partial charge in [-0.05, 0) is 12.8 Å². The van der Waals surface area contributed by atoms with Crippen LogP contribution in [0.4, 0.5) is 0 Å². The largest absolute Gasteiger partial charge is 0.480 e. The molecule has 0 radical (unpaired) electrons. The van der Waals surface area contributed by atoms with E-state index in [1.807, 2.05) is 13.8 Å². The second-order valence-corrected chi connectivity index (χ2v) is 4.56. The standard InChI is InChI=1S/C11H18N4O3/c1-8(2)4-14(5-10(16)17)11(18)9(3)15-7-12-6-13-15/h6-9H,4-5H2,1-3H3,(H,16,17). The van der Waals surface area contributed by atoms with Gasteiger partial charge < -0.3 is 10.0 Å². The molecule has 1 unspecified atom stereocenters.